The van der Waals surface area contributed by atoms with Crippen LogP contribution >= 0.6 is 0 Å². The number of esters is 1. The predicted octanol–water partition coefficient (Wildman–Crippen LogP) is 2.47. The number of anilines is 1. The molecule has 1 N–H and O–H groups in total. The fraction of sp³-hybridized carbons (Fsp3) is 0.565. The van der Waals surface area contributed by atoms with Crippen LogP contribution in [0.25, 0.3) is 0 Å². The van der Waals surface area contributed by atoms with E-state index >= 15 is 0 Å². The summed E-state index contributed by atoms with van der Waals surface area (Å²) in [6, 6.07) is 6.79. The molecule has 1 fully saturated rings. The molecule has 1 aromatic carbocycles. The third kappa shape index (κ3) is 4.03. The Morgan fingerprint density at radius 2 is 1.90 bits per heavy atom. The number of nitrogens with one attached hydrogen (secondary N) is 1. The van der Waals surface area contributed by atoms with Gasteiger partial charge in [0.25, 0.3) is 11.8 Å². The second-order valence-corrected chi connectivity index (χ2v) is 9.23. The van der Waals surface area contributed by atoms with Crippen LogP contribution in [0.5, 0.6) is 0 Å². The number of hydrogen-bond acceptors (Lipinski definition) is 5. The minimum atomic E-state index is -1.58. The van der Waals surface area contributed by atoms with Crippen molar-refractivity contribution >= 4 is 29.4 Å². The Morgan fingerprint density at radius 1 is 1.23 bits per heavy atom. The number of hydrogen-bond donors (Lipinski definition) is 1. The van der Waals surface area contributed by atoms with Crippen LogP contribution in [0.3, 0.4) is 0 Å². The Morgan fingerprint density at radius 3 is 2.55 bits per heavy atom. The number of para-hydroxylation sites is 1. The zero-order chi connectivity index (χ0) is 23.0. The van der Waals surface area contributed by atoms with Crippen molar-refractivity contribution in [2.45, 2.75) is 65.1 Å². The number of nitrogens with zero attached hydrogens (tertiary/aromatic N) is 2. The fourth-order valence-electron chi connectivity index (χ4n) is 4.11. The molecule has 8 heteroatoms. The maximum Gasteiger partial charge on any atom is 0.354 e. The standard InChI is InChI=1S/C23H31N3O5/c1-6-22(4,5)24-18(27)14-31-21(30)23-12-11-19(28)26(23)17-10-8-7-9-16(17)20(29)25(23)13-15(2)3/h7-10,15H,6,11-14H2,1-5H3,(H,24,27)/t23-/m1/s1. The van der Waals surface area contributed by atoms with Crippen LogP contribution < -0.4 is 10.2 Å². The molecule has 2 aliphatic heterocycles. The summed E-state index contributed by atoms with van der Waals surface area (Å²) in [4.78, 5) is 54.9. The first-order chi connectivity index (χ1) is 14.5. The molecule has 0 aromatic heterocycles. The summed E-state index contributed by atoms with van der Waals surface area (Å²) in [6.07, 6.45) is 0.951. The summed E-state index contributed by atoms with van der Waals surface area (Å²) in [5.41, 5.74) is -1.22. The van der Waals surface area contributed by atoms with E-state index in [4.69, 9.17) is 4.74 Å². The minimum absolute atomic E-state index is 0.0603. The molecule has 0 radical (unpaired) electrons. The van der Waals surface area contributed by atoms with Gasteiger partial charge in [-0.15, -0.1) is 0 Å². The zero-order valence-electron chi connectivity index (χ0n) is 18.9. The van der Waals surface area contributed by atoms with Crippen molar-refractivity contribution < 1.29 is 23.9 Å². The van der Waals surface area contributed by atoms with E-state index in [1.165, 1.54) is 9.80 Å². The molecule has 0 unspecified atom stereocenters. The molecule has 2 heterocycles. The summed E-state index contributed by atoms with van der Waals surface area (Å²) < 4.78 is 5.42. The van der Waals surface area contributed by atoms with Crippen molar-refractivity contribution in [2.75, 3.05) is 18.1 Å². The van der Waals surface area contributed by atoms with Gasteiger partial charge in [-0.1, -0.05) is 32.9 Å². The number of fused-ring (bicyclic) bond motifs is 3. The Kier molecular flexibility index (Phi) is 6.11. The van der Waals surface area contributed by atoms with E-state index in [2.05, 4.69) is 5.32 Å². The Labute approximate surface area is 182 Å². The first-order valence-electron chi connectivity index (χ1n) is 10.8. The topological polar surface area (TPSA) is 96.0 Å². The molecule has 31 heavy (non-hydrogen) atoms. The lowest BCUT2D eigenvalue weighted by atomic mass is 9.95. The summed E-state index contributed by atoms with van der Waals surface area (Å²) in [6.45, 7) is 9.39. The van der Waals surface area contributed by atoms with E-state index < -0.39 is 29.7 Å². The lowest BCUT2D eigenvalue weighted by Crippen LogP contribution is -2.69. The van der Waals surface area contributed by atoms with E-state index in [-0.39, 0.29) is 37.1 Å². The Balaban J connectivity index is 1.96. The second kappa shape index (κ2) is 8.32. The largest absolute Gasteiger partial charge is 0.452 e. The highest BCUT2D eigenvalue weighted by molar-refractivity contribution is 6.15. The van der Waals surface area contributed by atoms with Crippen LogP contribution in [0.2, 0.25) is 0 Å². The minimum Gasteiger partial charge on any atom is -0.452 e. The van der Waals surface area contributed by atoms with Gasteiger partial charge in [0.05, 0.1) is 11.3 Å². The van der Waals surface area contributed by atoms with Gasteiger partial charge < -0.3 is 15.0 Å². The molecule has 8 nitrogen and oxygen atoms in total. The fourth-order valence-corrected chi connectivity index (χ4v) is 4.11. The molecule has 1 aromatic rings. The Hall–Kier alpha value is -2.90. The van der Waals surface area contributed by atoms with Crippen molar-refractivity contribution in [1.29, 1.82) is 0 Å². The third-order valence-corrected chi connectivity index (χ3v) is 5.94. The number of rotatable bonds is 7. The third-order valence-electron chi connectivity index (χ3n) is 5.94. The lowest BCUT2D eigenvalue weighted by Gasteiger charge is -2.48. The molecule has 3 rings (SSSR count). The highest BCUT2D eigenvalue weighted by Crippen LogP contribution is 2.45. The van der Waals surface area contributed by atoms with Crippen LogP contribution in [0, 0.1) is 5.92 Å². The molecular weight excluding hydrogens is 398 g/mol. The van der Waals surface area contributed by atoms with Crippen LogP contribution in [-0.2, 0) is 19.1 Å². The van der Waals surface area contributed by atoms with Crippen molar-refractivity contribution in [3.8, 4) is 0 Å². The molecule has 0 bridgehead atoms. The zero-order valence-corrected chi connectivity index (χ0v) is 18.9. The van der Waals surface area contributed by atoms with E-state index in [1.807, 2.05) is 34.6 Å². The van der Waals surface area contributed by atoms with Gasteiger partial charge in [0.2, 0.25) is 11.6 Å². The van der Waals surface area contributed by atoms with Crippen molar-refractivity contribution in [3.63, 3.8) is 0 Å². The molecule has 3 amide bonds. The summed E-state index contributed by atoms with van der Waals surface area (Å²) >= 11 is 0. The van der Waals surface area contributed by atoms with Crippen LogP contribution in [0.1, 0.15) is 64.2 Å². The number of carbonyl (C=O) groups is 4. The van der Waals surface area contributed by atoms with E-state index in [0.29, 0.717) is 17.7 Å². The normalized spacial score (nSPS) is 20.6. The maximum absolute atomic E-state index is 13.4. The van der Waals surface area contributed by atoms with E-state index in [9.17, 15) is 19.2 Å². The first-order valence-corrected chi connectivity index (χ1v) is 10.8. The maximum atomic E-state index is 13.4. The van der Waals surface area contributed by atoms with Crippen molar-refractivity contribution in [3.05, 3.63) is 29.8 Å². The quantitative estimate of drug-likeness (QED) is 0.672. The molecule has 0 spiro atoms. The lowest BCUT2D eigenvalue weighted by molar-refractivity contribution is -0.160. The average Bonchev–Trinajstić information content (AvgIpc) is 3.07. The number of carbonyl (C=O) groups excluding carboxylic acids is 4. The molecule has 0 aliphatic carbocycles. The van der Waals surface area contributed by atoms with Gasteiger partial charge >= 0.3 is 5.97 Å². The number of amides is 3. The van der Waals surface area contributed by atoms with Gasteiger partial charge in [0.15, 0.2) is 6.61 Å². The summed E-state index contributed by atoms with van der Waals surface area (Å²) in [7, 11) is 0. The highest BCUT2D eigenvalue weighted by atomic mass is 16.5. The van der Waals surface area contributed by atoms with Crippen LogP contribution in [-0.4, -0.2) is 52.9 Å². The number of ether oxygens (including phenoxy) is 1. The molecule has 1 atom stereocenters. The first kappa shape index (κ1) is 22.8. The summed E-state index contributed by atoms with van der Waals surface area (Å²) in [5.74, 6) is -1.69. The Bertz CT molecular complexity index is 910. The van der Waals surface area contributed by atoms with Crippen molar-refractivity contribution in [2.24, 2.45) is 5.92 Å². The monoisotopic (exact) mass is 429 g/mol. The predicted molar refractivity (Wildman–Crippen MR) is 115 cm³/mol. The number of benzene rings is 1. The molecule has 168 valence electrons. The summed E-state index contributed by atoms with van der Waals surface area (Å²) in [5, 5.41) is 2.82. The van der Waals surface area contributed by atoms with Crippen molar-refractivity contribution in [1.82, 2.24) is 10.2 Å². The van der Waals surface area contributed by atoms with Gasteiger partial charge in [-0.25, -0.2) is 4.79 Å². The van der Waals surface area contributed by atoms with Gasteiger partial charge in [-0.2, -0.15) is 0 Å². The van der Waals surface area contributed by atoms with Crippen LogP contribution in [0.4, 0.5) is 5.69 Å². The van der Waals surface area contributed by atoms with E-state index in [1.54, 1.807) is 24.3 Å². The smallest absolute Gasteiger partial charge is 0.354 e. The molecule has 0 saturated carbocycles. The highest BCUT2D eigenvalue weighted by Gasteiger charge is 2.62. The molecule has 1 saturated heterocycles. The molecule has 2 aliphatic rings. The van der Waals surface area contributed by atoms with Gasteiger partial charge in [-0.3, -0.25) is 19.3 Å². The van der Waals surface area contributed by atoms with Gasteiger partial charge in [0, 0.05) is 24.9 Å². The van der Waals surface area contributed by atoms with Gasteiger partial charge in [-0.05, 0) is 38.3 Å². The van der Waals surface area contributed by atoms with Gasteiger partial charge in [0.1, 0.15) is 0 Å². The second-order valence-electron chi connectivity index (χ2n) is 9.23. The average molecular weight is 430 g/mol. The van der Waals surface area contributed by atoms with E-state index in [0.717, 1.165) is 0 Å². The molecular formula is C23H31N3O5. The SMILES string of the molecule is CCC(C)(C)NC(=O)COC(=O)[C@@]12CCC(=O)N1c1ccccc1C(=O)N2CC(C)C. The van der Waals surface area contributed by atoms with Crippen LogP contribution in [0.15, 0.2) is 24.3 Å².